The van der Waals surface area contributed by atoms with Crippen molar-refractivity contribution in [1.82, 2.24) is 0 Å². The molecule has 1 nitrogen and oxygen atoms in total. The molecule has 0 amide bonds. The molecule has 0 saturated heterocycles. The van der Waals surface area contributed by atoms with Crippen molar-refractivity contribution in [2.45, 2.75) is 92.4 Å². The molecule has 0 aliphatic heterocycles. The van der Waals surface area contributed by atoms with E-state index in [0.717, 1.165) is 18.8 Å². The smallest absolute Gasteiger partial charge is 0.137 e. The third-order valence-electron chi connectivity index (χ3n) is 9.12. The summed E-state index contributed by atoms with van der Waals surface area (Å²) in [5.74, 6) is 3.95. The van der Waals surface area contributed by atoms with Gasteiger partial charge in [0.25, 0.3) is 0 Å². The Balaban J connectivity index is 1.63. The Labute approximate surface area is 178 Å². The number of benzene rings is 1. The third kappa shape index (κ3) is 3.53. The summed E-state index contributed by atoms with van der Waals surface area (Å²) in [4.78, 5) is 12.0. The lowest BCUT2D eigenvalue weighted by atomic mass is 9.60. The number of hydrogen-bond donors (Lipinski definition) is 0. The minimum atomic E-state index is 0.420. The maximum atomic E-state index is 12.0. The van der Waals surface area contributed by atoms with Crippen molar-refractivity contribution in [3.8, 4) is 0 Å². The largest absolute Gasteiger partial charge is 0.299 e. The monoisotopic (exact) mass is 392 g/mol. The highest BCUT2D eigenvalue weighted by molar-refractivity contribution is 5.84. The van der Waals surface area contributed by atoms with Gasteiger partial charge in [-0.15, -0.1) is 0 Å². The highest BCUT2D eigenvalue weighted by Crippen LogP contribution is 2.61. The third-order valence-corrected chi connectivity index (χ3v) is 9.12. The molecule has 1 aromatic rings. The average Bonchev–Trinajstić information content (AvgIpc) is 3.04. The Morgan fingerprint density at radius 3 is 2.52 bits per heavy atom. The zero-order chi connectivity index (χ0) is 20.9. The van der Waals surface area contributed by atoms with Crippen molar-refractivity contribution in [2.75, 3.05) is 0 Å². The lowest BCUT2D eigenvalue weighted by Gasteiger charge is -2.44. The Kier molecular flexibility index (Phi) is 5.55. The number of carbonyl (C=O) groups is 1. The average molecular weight is 393 g/mol. The maximum absolute atomic E-state index is 12.0. The number of aryl methyl sites for hydroxylation is 1. The fraction of sp³-hybridized carbons (Fsp3) is 0.679. The Hall–Kier alpha value is -1.37. The number of Topliss-reactive ketones (excluding diaryl/α,β-unsaturated/α-hetero) is 1. The Morgan fingerprint density at radius 1 is 1.03 bits per heavy atom. The number of carbonyl (C=O) groups excluding carboxylic acids is 1. The van der Waals surface area contributed by atoms with E-state index in [1.165, 1.54) is 42.4 Å². The Morgan fingerprint density at radius 2 is 1.79 bits per heavy atom. The van der Waals surface area contributed by atoms with Crippen LogP contribution in [-0.4, -0.2) is 5.78 Å². The van der Waals surface area contributed by atoms with Crippen LogP contribution in [0, 0.1) is 36.0 Å². The van der Waals surface area contributed by atoms with Gasteiger partial charge in [0.2, 0.25) is 0 Å². The molecule has 1 aromatic carbocycles. The summed E-state index contributed by atoms with van der Waals surface area (Å²) in [6.45, 7) is 14.3. The first-order valence-corrected chi connectivity index (χ1v) is 12.1. The van der Waals surface area contributed by atoms with Crippen LogP contribution in [0.2, 0.25) is 0 Å². The van der Waals surface area contributed by atoms with Crippen LogP contribution in [0.3, 0.4) is 0 Å². The molecule has 0 radical (unpaired) electrons. The molecule has 4 rings (SSSR count). The van der Waals surface area contributed by atoms with Crippen LogP contribution < -0.4 is 0 Å². The van der Waals surface area contributed by atoms with Crippen molar-refractivity contribution in [1.29, 1.82) is 0 Å². The predicted molar refractivity (Wildman–Crippen MR) is 122 cm³/mol. The minimum absolute atomic E-state index is 0.420. The zero-order valence-electron chi connectivity index (χ0n) is 19.5. The van der Waals surface area contributed by atoms with E-state index in [2.05, 4.69) is 59.8 Å². The molecular formula is C28H40O. The van der Waals surface area contributed by atoms with Gasteiger partial charge in [0.05, 0.1) is 0 Å². The maximum Gasteiger partial charge on any atom is 0.137 e. The van der Waals surface area contributed by atoms with Crippen molar-refractivity contribution < 1.29 is 4.79 Å². The zero-order valence-corrected chi connectivity index (χ0v) is 19.5. The topological polar surface area (TPSA) is 17.1 Å². The first kappa shape index (κ1) is 20.9. The molecule has 0 spiro atoms. The van der Waals surface area contributed by atoms with Crippen LogP contribution in [0.1, 0.15) is 94.0 Å². The molecule has 3 aliphatic carbocycles. The summed E-state index contributed by atoms with van der Waals surface area (Å²) in [6, 6.07) is 2.54. The highest BCUT2D eigenvalue weighted by Gasteiger charge is 2.51. The van der Waals surface area contributed by atoms with Crippen LogP contribution in [-0.2, 0) is 24.1 Å². The summed E-state index contributed by atoms with van der Waals surface area (Å²) < 4.78 is 0. The van der Waals surface area contributed by atoms with E-state index in [0.29, 0.717) is 41.3 Å². The van der Waals surface area contributed by atoms with Gasteiger partial charge in [-0.1, -0.05) is 52.8 Å². The van der Waals surface area contributed by atoms with Crippen LogP contribution in [0.4, 0.5) is 0 Å². The summed E-state index contributed by atoms with van der Waals surface area (Å²) in [6.07, 6.45) is 12.6. The first-order chi connectivity index (χ1) is 13.7. The molecule has 3 aliphatic rings. The minimum Gasteiger partial charge on any atom is -0.299 e. The first-order valence-electron chi connectivity index (χ1n) is 12.1. The van der Waals surface area contributed by atoms with Crippen molar-refractivity contribution in [3.05, 3.63) is 46.0 Å². The van der Waals surface area contributed by atoms with Crippen molar-refractivity contribution >= 4 is 5.78 Å². The molecule has 0 bridgehead atoms. The van der Waals surface area contributed by atoms with Crippen LogP contribution in [0.15, 0.2) is 18.2 Å². The van der Waals surface area contributed by atoms with E-state index in [9.17, 15) is 4.79 Å². The second-order valence-corrected chi connectivity index (χ2v) is 11.0. The van der Waals surface area contributed by atoms with Crippen molar-refractivity contribution in [2.24, 2.45) is 29.1 Å². The molecule has 1 saturated carbocycles. The second-order valence-electron chi connectivity index (χ2n) is 11.0. The van der Waals surface area contributed by atoms with E-state index < -0.39 is 0 Å². The standard InChI is InChI=1S/C28H40O/c1-17(2)18(3)7-8-19(4)26-11-12-27-25-15-21-9-10-22(29)16-24(21)20(5)23(25)13-14-28(26,27)6/h7-8,15,17-19,26-27H,9-14,16H2,1-6H3/b8-7+/t18-,19+,26+,27-,28+/m0/s1. The summed E-state index contributed by atoms with van der Waals surface area (Å²) in [5.41, 5.74) is 7.97. The van der Waals surface area contributed by atoms with Crippen LogP contribution in [0.25, 0.3) is 0 Å². The van der Waals surface area contributed by atoms with Gasteiger partial charge in [-0.05, 0) is 102 Å². The Bertz CT molecular complexity index is 829. The molecule has 5 atom stereocenters. The number of hydrogen-bond acceptors (Lipinski definition) is 1. The van der Waals surface area contributed by atoms with Crippen LogP contribution in [0.5, 0.6) is 0 Å². The van der Waals surface area contributed by atoms with E-state index in [4.69, 9.17) is 0 Å². The lowest BCUT2D eigenvalue weighted by Crippen LogP contribution is -2.35. The SMILES string of the molecule is Cc1c2c(cc3c1CC[C@]1(C)[C@@H]([C@H](C)/C=C/[C@H](C)C(C)C)CC[C@@H]31)CCC(=O)C2. The second kappa shape index (κ2) is 7.71. The summed E-state index contributed by atoms with van der Waals surface area (Å²) in [5, 5.41) is 0. The van der Waals surface area contributed by atoms with Gasteiger partial charge in [-0.3, -0.25) is 4.79 Å². The number of allylic oxidation sites excluding steroid dienone is 2. The van der Waals surface area contributed by atoms with E-state index in [1.54, 1.807) is 11.1 Å². The quantitative estimate of drug-likeness (QED) is 0.505. The van der Waals surface area contributed by atoms with Gasteiger partial charge >= 0.3 is 0 Å². The normalized spacial score (nSPS) is 30.9. The summed E-state index contributed by atoms with van der Waals surface area (Å²) in [7, 11) is 0. The molecule has 1 heteroatoms. The van der Waals surface area contributed by atoms with Gasteiger partial charge in [0.15, 0.2) is 0 Å². The van der Waals surface area contributed by atoms with E-state index in [1.807, 2.05) is 0 Å². The molecule has 0 unspecified atom stereocenters. The molecule has 29 heavy (non-hydrogen) atoms. The molecule has 158 valence electrons. The molecular weight excluding hydrogens is 352 g/mol. The predicted octanol–water partition coefficient (Wildman–Crippen LogP) is 6.98. The van der Waals surface area contributed by atoms with E-state index >= 15 is 0 Å². The number of rotatable bonds is 4. The molecule has 1 fully saturated rings. The number of ketones is 1. The fourth-order valence-corrected chi connectivity index (χ4v) is 6.77. The molecule has 0 heterocycles. The van der Waals surface area contributed by atoms with Gasteiger partial charge in [-0.25, -0.2) is 0 Å². The van der Waals surface area contributed by atoms with Gasteiger partial charge in [-0.2, -0.15) is 0 Å². The van der Waals surface area contributed by atoms with Crippen molar-refractivity contribution in [3.63, 3.8) is 0 Å². The van der Waals surface area contributed by atoms with Gasteiger partial charge < -0.3 is 0 Å². The fourth-order valence-electron chi connectivity index (χ4n) is 6.77. The number of fused-ring (bicyclic) bond motifs is 4. The molecule has 0 N–H and O–H groups in total. The lowest BCUT2D eigenvalue weighted by molar-refractivity contribution is -0.118. The van der Waals surface area contributed by atoms with Gasteiger partial charge in [0.1, 0.15) is 5.78 Å². The van der Waals surface area contributed by atoms with Crippen LogP contribution >= 0.6 is 0 Å². The molecule has 0 aromatic heterocycles. The van der Waals surface area contributed by atoms with E-state index in [-0.39, 0.29) is 0 Å². The highest BCUT2D eigenvalue weighted by atomic mass is 16.1. The van der Waals surface area contributed by atoms with Gasteiger partial charge in [0, 0.05) is 12.8 Å². The summed E-state index contributed by atoms with van der Waals surface area (Å²) >= 11 is 0.